The molecule has 0 saturated carbocycles. The average molecular weight is 541 g/mol. The van der Waals surface area contributed by atoms with Crippen molar-refractivity contribution >= 4 is 11.9 Å². The van der Waals surface area contributed by atoms with Gasteiger partial charge in [0.15, 0.2) is 0 Å². The first-order chi connectivity index (χ1) is 19.3. The molecule has 6 nitrogen and oxygen atoms in total. The molecule has 1 amide bonds. The summed E-state index contributed by atoms with van der Waals surface area (Å²) in [6, 6.07) is 22.9. The van der Waals surface area contributed by atoms with Crippen LogP contribution >= 0.6 is 0 Å². The summed E-state index contributed by atoms with van der Waals surface area (Å²) < 4.78 is 6.08. The standard InChI is InChI=1S/C34H40N2O4/c1-25(2)24-40-31-6-4-3-5-30(31)23-35-19-15-34(16-20-35)17-21-36(22-18-34)32(37)28-11-7-26(8-12-28)27-9-13-29(14-10-27)33(38)39/h3-14,25H,15-24H2,1-2H3,(H,38,39). The largest absolute Gasteiger partial charge is 0.493 e. The lowest BCUT2D eigenvalue weighted by Crippen LogP contribution is -2.48. The molecule has 2 heterocycles. The molecule has 5 rings (SSSR count). The summed E-state index contributed by atoms with van der Waals surface area (Å²) in [4.78, 5) is 28.9. The van der Waals surface area contributed by atoms with E-state index in [-0.39, 0.29) is 11.5 Å². The highest BCUT2D eigenvalue weighted by Gasteiger charge is 2.38. The third kappa shape index (κ3) is 6.56. The number of hydrogen-bond donors (Lipinski definition) is 1. The van der Waals surface area contributed by atoms with Crippen LogP contribution in [0, 0.1) is 11.3 Å². The van der Waals surface area contributed by atoms with E-state index in [0.717, 1.165) is 69.0 Å². The maximum absolute atomic E-state index is 13.3. The number of carbonyl (C=O) groups is 2. The highest BCUT2D eigenvalue weighted by Crippen LogP contribution is 2.42. The van der Waals surface area contributed by atoms with E-state index in [4.69, 9.17) is 9.84 Å². The zero-order valence-corrected chi connectivity index (χ0v) is 23.6. The van der Waals surface area contributed by atoms with Gasteiger partial charge in [-0.15, -0.1) is 0 Å². The molecule has 40 heavy (non-hydrogen) atoms. The maximum Gasteiger partial charge on any atom is 0.335 e. The Morgan fingerprint density at radius 1 is 0.800 bits per heavy atom. The Labute approximate surface area is 237 Å². The zero-order chi connectivity index (χ0) is 28.1. The molecule has 0 aliphatic carbocycles. The summed E-state index contributed by atoms with van der Waals surface area (Å²) in [6.45, 7) is 9.80. The number of aromatic carboxylic acids is 1. The predicted molar refractivity (Wildman–Crippen MR) is 158 cm³/mol. The number of benzene rings is 3. The number of carbonyl (C=O) groups excluding carboxylic acids is 1. The quantitative estimate of drug-likeness (QED) is 0.348. The predicted octanol–water partition coefficient (Wildman–Crippen LogP) is 6.61. The number of carboxylic acid groups (broad SMARTS) is 1. The molecule has 1 spiro atoms. The molecule has 0 atom stereocenters. The van der Waals surface area contributed by atoms with Gasteiger partial charge in [0.2, 0.25) is 0 Å². The van der Waals surface area contributed by atoms with Gasteiger partial charge in [-0.3, -0.25) is 9.69 Å². The number of rotatable bonds is 8. The van der Waals surface area contributed by atoms with E-state index in [1.807, 2.05) is 29.2 Å². The highest BCUT2D eigenvalue weighted by atomic mass is 16.5. The number of para-hydroxylation sites is 1. The van der Waals surface area contributed by atoms with Crippen LogP contribution in [0.15, 0.2) is 72.8 Å². The molecule has 3 aromatic carbocycles. The Morgan fingerprint density at radius 3 is 1.93 bits per heavy atom. The number of piperidine rings is 2. The number of hydrogen-bond acceptors (Lipinski definition) is 4. The summed E-state index contributed by atoms with van der Waals surface area (Å²) in [7, 11) is 0. The number of likely N-dealkylation sites (tertiary alicyclic amines) is 2. The fraction of sp³-hybridized carbons (Fsp3) is 0.412. The van der Waals surface area contributed by atoms with Crippen LogP contribution < -0.4 is 4.74 Å². The van der Waals surface area contributed by atoms with Crippen LogP contribution in [0.5, 0.6) is 5.75 Å². The van der Waals surface area contributed by atoms with Crippen LogP contribution in [0.25, 0.3) is 11.1 Å². The SMILES string of the molecule is CC(C)COc1ccccc1CN1CCC2(CC1)CCN(C(=O)c1ccc(-c3ccc(C(=O)O)cc3)cc1)CC2. The number of carboxylic acids is 1. The van der Waals surface area contributed by atoms with Crippen LogP contribution in [0.2, 0.25) is 0 Å². The van der Waals surface area contributed by atoms with Crippen molar-refractivity contribution < 1.29 is 19.4 Å². The Balaban J connectivity index is 1.12. The van der Waals surface area contributed by atoms with Crippen LogP contribution in [-0.2, 0) is 6.54 Å². The molecule has 2 fully saturated rings. The van der Waals surface area contributed by atoms with Crippen molar-refractivity contribution in [2.75, 3.05) is 32.8 Å². The first kappa shape index (κ1) is 27.9. The van der Waals surface area contributed by atoms with Crippen LogP contribution in [-0.4, -0.2) is 59.6 Å². The van der Waals surface area contributed by atoms with Crippen molar-refractivity contribution in [2.24, 2.45) is 11.3 Å². The van der Waals surface area contributed by atoms with Gasteiger partial charge in [0.1, 0.15) is 5.75 Å². The minimum atomic E-state index is -0.935. The lowest BCUT2D eigenvalue weighted by atomic mass is 9.71. The molecule has 1 N–H and O–H groups in total. The van der Waals surface area contributed by atoms with Gasteiger partial charge >= 0.3 is 5.97 Å². The number of ether oxygens (including phenoxy) is 1. The average Bonchev–Trinajstić information content (AvgIpc) is 2.98. The third-order valence-corrected chi connectivity index (χ3v) is 8.56. The van der Waals surface area contributed by atoms with E-state index in [2.05, 4.69) is 43.0 Å². The molecule has 2 aliphatic rings. The van der Waals surface area contributed by atoms with Crippen molar-refractivity contribution in [3.05, 3.63) is 89.5 Å². The third-order valence-electron chi connectivity index (χ3n) is 8.56. The summed E-state index contributed by atoms with van der Waals surface area (Å²) in [5.74, 6) is 0.672. The molecule has 0 unspecified atom stereocenters. The topological polar surface area (TPSA) is 70.1 Å². The van der Waals surface area contributed by atoms with E-state index in [1.165, 1.54) is 18.4 Å². The summed E-state index contributed by atoms with van der Waals surface area (Å²) in [5.41, 5.74) is 4.47. The van der Waals surface area contributed by atoms with Gasteiger partial charge in [-0.2, -0.15) is 0 Å². The minimum absolute atomic E-state index is 0.0954. The fourth-order valence-corrected chi connectivity index (χ4v) is 5.94. The molecular weight excluding hydrogens is 500 g/mol. The normalized spacial score (nSPS) is 17.2. The van der Waals surface area contributed by atoms with E-state index < -0.39 is 5.97 Å². The summed E-state index contributed by atoms with van der Waals surface area (Å²) >= 11 is 0. The second-order valence-electron chi connectivity index (χ2n) is 11.8. The summed E-state index contributed by atoms with van der Waals surface area (Å²) in [5, 5.41) is 9.11. The highest BCUT2D eigenvalue weighted by molar-refractivity contribution is 5.95. The Bertz CT molecular complexity index is 1300. The van der Waals surface area contributed by atoms with Crippen molar-refractivity contribution in [3.8, 4) is 16.9 Å². The number of amides is 1. The fourth-order valence-electron chi connectivity index (χ4n) is 5.94. The van der Waals surface area contributed by atoms with Crippen LogP contribution in [0.4, 0.5) is 0 Å². The Morgan fingerprint density at radius 2 is 1.35 bits per heavy atom. The summed E-state index contributed by atoms with van der Waals surface area (Å²) in [6.07, 6.45) is 4.49. The molecule has 2 saturated heterocycles. The van der Waals surface area contributed by atoms with Gasteiger partial charge in [0.25, 0.3) is 5.91 Å². The molecule has 0 aromatic heterocycles. The molecule has 0 bridgehead atoms. The van der Waals surface area contributed by atoms with Gasteiger partial charge in [-0.25, -0.2) is 4.79 Å². The van der Waals surface area contributed by atoms with Crippen molar-refractivity contribution in [1.29, 1.82) is 0 Å². The molecule has 0 radical (unpaired) electrons. The lowest BCUT2D eigenvalue weighted by molar-refractivity contribution is 0.0283. The number of nitrogens with zero attached hydrogens (tertiary/aromatic N) is 2. The first-order valence-electron chi connectivity index (χ1n) is 14.5. The second kappa shape index (κ2) is 12.3. The Kier molecular flexibility index (Phi) is 8.55. The van der Waals surface area contributed by atoms with Crippen LogP contribution in [0.1, 0.15) is 65.8 Å². The van der Waals surface area contributed by atoms with Gasteiger partial charge in [0.05, 0.1) is 12.2 Å². The Hall–Kier alpha value is -3.64. The van der Waals surface area contributed by atoms with E-state index in [0.29, 0.717) is 16.9 Å². The van der Waals surface area contributed by atoms with Crippen molar-refractivity contribution in [2.45, 2.75) is 46.1 Å². The van der Waals surface area contributed by atoms with E-state index in [9.17, 15) is 9.59 Å². The molecule has 2 aliphatic heterocycles. The van der Waals surface area contributed by atoms with Crippen LogP contribution in [0.3, 0.4) is 0 Å². The molecule has 210 valence electrons. The zero-order valence-electron chi connectivity index (χ0n) is 23.6. The molecule has 3 aromatic rings. The van der Waals surface area contributed by atoms with E-state index in [1.54, 1.807) is 24.3 Å². The minimum Gasteiger partial charge on any atom is -0.493 e. The van der Waals surface area contributed by atoms with Crippen molar-refractivity contribution in [3.63, 3.8) is 0 Å². The first-order valence-corrected chi connectivity index (χ1v) is 14.5. The van der Waals surface area contributed by atoms with E-state index >= 15 is 0 Å². The second-order valence-corrected chi connectivity index (χ2v) is 11.8. The van der Waals surface area contributed by atoms with Crippen molar-refractivity contribution in [1.82, 2.24) is 9.80 Å². The lowest BCUT2D eigenvalue weighted by Gasteiger charge is -2.47. The maximum atomic E-state index is 13.3. The molecule has 6 heteroatoms. The monoisotopic (exact) mass is 540 g/mol. The van der Waals surface area contributed by atoms with Gasteiger partial charge in [-0.05, 0) is 91.6 Å². The molecular formula is C34H40N2O4. The van der Waals surface area contributed by atoms with Gasteiger partial charge < -0.3 is 14.7 Å². The van der Waals surface area contributed by atoms with Gasteiger partial charge in [-0.1, -0.05) is 56.3 Å². The smallest absolute Gasteiger partial charge is 0.335 e. The van der Waals surface area contributed by atoms with Gasteiger partial charge in [0, 0.05) is 30.8 Å².